The molecule has 2 saturated heterocycles. The summed E-state index contributed by atoms with van der Waals surface area (Å²) in [5.41, 5.74) is 0.859. The summed E-state index contributed by atoms with van der Waals surface area (Å²) in [6.45, 7) is 21.7. The molecule has 0 saturated carbocycles. The number of rotatable bonds is 6. The molecule has 2 fully saturated rings. The zero-order valence-corrected chi connectivity index (χ0v) is 20.9. The molecule has 166 valence electrons. The van der Waals surface area contributed by atoms with Crippen molar-refractivity contribution in [3.05, 3.63) is 16.1 Å². The van der Waals surface area contributed by atoms with Gasteiger partial charge in [-0.1, -0.05) is 34.6 Å². The maximum Gasteiger partial charge on any atom is 0.0946 e. The summed E-state index contributed by atoms with van der Waals surface area (Å²) in [5, 5.41) is 4.84. The Morgan fingerprint density at radius 3 is 2.38 bits per heavy atom. The third-order valence-electron chi connectivity index (χ3n) is 7.51. The molecule has 2 aliphatic heterocycles. The zero-order chi connectivity index (χ0) is 21.3. The molecule has 1 N–H and O–H groups in total. The number of likely N-dealkylation sites (tertiary alicyclic amines) is 1. The van der Waals surface area contributed by atoms with E-state index in [-0.39, 0.29) is 11.0 Å². The molecule has 0 aromatic carbocycles. The summed E-state index contributed by atoms with van der Waals surface area (Å²) in [6.07, 6.45) is 10.0. The molecule has 3 heterocycles. The smallest absolute Gasteiger partial charge is 0.0946 e. The van der Waals surface area contributed by atoms with E-state index in [4.69, 9.17) is 4.98 Å². The molecule has 1 atom stereocenters. The van der Waals surface area contributed by atoms with E-state index < -0.39 is 0 Å². The Morgan fingerprint density at radius 2 is 1.76 bits per heavy atom. The maximum absolute atomic E-state index is 4.79. The lowest BCUT2D eigenvalue weighted by molar-refractivity contribution is 0.0375. The van der Waals surface area contributed by atoms with Crippen LogP contribution in [0, 0.1) is 17.3 Å². The second-order valence-corrected chi connectivity index (χ2v) is 13.1. The third kappa shape index (κ3) is 6.04. The van der Waals surface area contributed by atoms with Gasteiger partial charge in [0.15, 0.2) is 0 Å². The van der Waals surface area contributed by atoms with Gasteiger partial charge in [-0.15, -0.1) is 11.3 Å². The number of hydrogen-bond donors (Lipinski definition) is 1. The van der Waals surface area contributed by atoms with E-state index >= 15 is 0 Å². The number of hydrogen-bond acceptors (Lipinski definition) is 4. The SMILES string of the molecule is CC(C)(C)c1cnc(CC(C)(C)N2CCCC(CC(C)(C)C3CCNCC3)C2)s1. The van der Waals surface area contributed by atoms with Crippen molar-refractivity contribution in [1.82, 2.24) is 15.2 Å². The lowest BCUT2D eigenvalue weighted by Crippen LogP contribution is -2.51. The Kier molecular flexibility index (Phi) is 7.18. The van der Waals surface area contributed by atoms with Gasteiger partial charge in [-0.2, -0.15) is 0 Å². The number of nitrogens with zero attached hydrogens (tertiary/aromatic N) is 2. The van der Waals surface area contributed by atoms with Crippen LogP contribution in [0.1, 0.15) is 90.5 Å². The van der Waals surface area contributed by atoms with Crippen LogP contribution >= 0.6 is 11.3 Å². The Bertz CT molecular complexity index is 649. The first-order valence-corrected chi connectivity index (χ1v) is 12.7. The van der Waals surface area contributed by atoms with Crippen molar-refractivity contribution in [1.29, 1.82) is 0 Å². The van der Waals surface area contributed by atoms with Gasteiger partial charge in [-0.05, 0) is 88.3 Å². The first-order valence-electron chi connectivity index (χ1n) is 11.9. The highest BCUT2D eigenvalue weighted by Gasteiger charge is 2.37. The van der Waals surface area contributed by atoms with E-state index in [9.17, 15) is 0 Å². The van der Waals surface area contributed by atoms with Gasteiger partial charge < -0.3 is 5.32 Å². The quantitative estimate of drug-likeness (QED) is 0.623. The molecular formula is C25H45N3S. The number of thiazole rings is 1. The van der Waals surface area contributed by atoms with E-state index in [1.807, 2.05) is 11.3 Å². The van der Waals surface area contributed by atoms with Gasteiger partial charge in [0.05, 0.1) is 5.01 Å². The Labute approximate surface area is 184 Å². The van der Waals surface area contributed by atoms with E-state index in [2.05, 4.69) is 64.9 Å². The van der Waals surface area contributed by atoms with Gasteiger partial charge in [0.25, 0.3) is 0 Å². The van der Waals surface area contributed by atoms with E-state index in [0.717, 1.165) is 18.3 Å². The Hall–Kier alpha value is -0.450. The van der Waals surface area contributed by atoms with Crippen LogP contribution in [0.15, 0.2) is 6.20 Å². The van der Waals surface area contributed by atoms with Crippen LogP contribution in [0.5, 0.6) is 0 Å². The highest BCUT2D eigenvalue weighted by Crippen LogP contribution is 2.41. The van der Waals surface area contributed by atoms with Crippen LogP contribution in [0.3, 0.4) is 0 Å². The summed E-state index contributed by atoms with van der Waals surface area (Å²) >= 11 is 1.92. The minimum Gasteiger partial charge on any atom is -0.317 e. The van der Waals surface area contributed by atoms with Crippen LogP contribution in [0.25, 0.3) is 0 Å². The second kappa shape index (κ2) is 8.96. The van der Waals surface area contributed by atoms with Crippen LogP contribution in [0.4, 0.5) is 0 Å². The summed E-state index contributed by atoms with van der Waals surface area (Å²) in [4.78, 5) is 8.97. The monoisotopic (exact) mass is 419 g/mol. The maximum atomic E-state index is 4.79. The summed E-state index contributed by atoms with van der Waals surface area (Å²) in [7, 11) is 0. The van der Waals surface area contributed by atoms with Crippen molar-refractivity contribution in [2.75, 3.05) is 26.2 Å². The van der Waals surface area contributed by atoms with Crippen LogP contribution < -0.4 is 5.32 Å². The average molecular weight is 420 g/mol. The van der Waals surface area contributed by atoms with Gasteiger partial charge in [-0.25, -0.2) is 4.98 Å². The largest absolute Gasteiger partial charge is 0.317 e. The van der Waals surface area contributed by atoms with E-state index in [0.29, 0.717) is 5.41 Å². The van der Waals surface area contributed by atoms with Crippen LogP contribution in [-0.2, 0) is 11.8 Å². The molecule has 0 aliphatic carbocycles. The topological polar surface area (TPSA) is 28.2 Å². The Balaban J connectivity index is 1.60. The standard InChI is InChI=1S/C25H45N3S/c1-23(2,3)21-17-27-22(29-21)16-25(6,7)28-14-8-9-19(18-28)15-24(4,5)20-10-12-26-13-11-20/h17,19-20,26H,8-16,18H2,1-7H3. The molecule has 29 heavy (non-hydrogen) atoms. The summed E-state index contributed by atoms with van der Waals surface area (Å²) in [6, 6.07) is 0. The predicted molar refractivity (Wildman–Crippen MR) is 127 cm³/mol. The van der Waals surface area contributed by atoms with Gasteiger partial charge in [-0.3, -0.25) is 4.90 Å². The van der Waals surface area contributed by atoms with Crippen LogP contribution in [-0.4, -0.2) is 41.6 Å². The molecule has 3 rings (SSSR count). The van der Waals surface area contributed by atoms with Crippen molar-refractivity contribution >= 4 is 11.3 Å². The fourth-order valence-corrected chi connectivity index (χ4v) is 6.71. The molecule has 1 unspecified atom stereocenters. The number of piperidine rings is 2. The fraction of sp³-hybridized carbons (Fsp3) is 0.880. The average Bonchev–Trinajstić information content (AvgIpc) is 3.10. The highest BCUT2D eigenvalue weighted by molar-refractivity contribution is 7.11. The molecule has 2 aliphatic rings. The Morgan fingerprint density at radius 1 is 1.07 bits per heavy atom. The van der Waals surface area contributed by atoms with Crippen molar-refractivity contribution in [2.24, 2.45) is 17.3 Å². The minimum atomic E-state index is 0.185. The predicted octanol–water partition coefficient (Wildman–Crippen LogP) is 5.89. The van der Waals surface area contributed by atoms with E-state index in [1.165, 1.54) is 68.2 Å². The zero-order valence-electron chi connectivity index (χ0n) is 20.1. The van der Waals surface area contributed by atoms with Gasteiger partial charge in [0, 0.05) is 29.6 Å². The first kappa shape index (κ1) is 23.2. The molecule has 1 aromatic rings. The molecule has 0 radical (unpaired) electrons. The molecule has 1 aromatic heterocycles. The molecule has 3 nitrogen and oxygen atoms in total. The van der Waals surface area contributed by atoms with Crippen molar-refractivity contribution in [3.63, 3.8) is 0 Å². The summed E-state index contributed by atoms with van der Waals surface area (Å²) < 4.78 is 0. The van der Waals surface area contributed by atoms with Gasteiger partial charge in [0.1, 0.15) is 0 Å². The third-order valence-corrected chi connectivity index (χ3v) is 8.93. The van der Waals surface area contributed by atoms with Crippen molar-refractivity contribution in [2.45, 2.75) is 97.9 Å². The number of nitrogens with one attached hydrogen (secondary N) is 1. The first-order chi connectivity index (χ1) is 13.5. The van der Waals surface area contributed by atoms with Gasteiger partial charge >= 0.3 is 0 Å². The van der Waals surface area contributed by atoms with Crippen LogP contribution in [0.2, 0.25) is 0 Å². The van der Waals surface area contributed by atoms with Crippen molar-refractivity contribution < 1.29 is 0 Å². The van der Waals surface area contributed by atoms with Crippen molar-refractivity contribution in [3.8, 4) is 0 Å². The van der Waals surface area contributed by atoms with Gasteiger partial charge in [0.2, 0.25) is 0 Å². The molecule has 4 heteroatoms. The van der Waals surface area contributed by atoms with E-state index in [1.54, 1.807) is 0 Å². The highest BCUT2D eigenvalue weighted by atomic mass is 32.1. The fourth-order valence-electron chi connectivity index (χ4n) is 5.52. The molecule has 0 spiro atoms. The lowest BCUT2D eigenvalue weighted by atomic mass is 9.68. The number of aromatic nitrogens is 1. The second-order valence-electron chi connectivity index (χ2n) is 12.0. The molecular weight excluding hydrogens is 374 g/mol. The molecule has 0 bridgehead atoms. The summed E-state index contributed by atoms with van der Waals surface area (Å²) in [5.74, 6) is 1.73. The lowest BCUT2D eigenvalue weighted by Gasteiger charge is -2.46. The molecule has 0 amide bonds. The normalized spacial score (nSPS) is 23.5. The minimum absolute atomic E-state index is 0.185.